The molecule has 0 spiro atoms. The molecule has 1 unspecified atom stereocenters. The maximum atomic E-state index is 10.9. The molecule has 0 radical (unpaired) electrons. The third-order valence-corrected chi connectivity index (χ3v) is 4.16. The number of thiol groups is 1. The fraction of sp³-hybridized carbons (Fsp3) is 0.625. The predicted octanol–water partition coefficient (Wildman–Crippen LogP) is 2.56. The van der Waals surface area contributed by atoms with E-state index >= 15 is 0 Å². The van der Waals surface area contributed by atoms with Crippen LogP contribution in [0.15, 0.2) is 8.68 Å². The van der Waals surface area contributed by atoms with Crippen molar-refractivity contribution in [1.29, 1.82) is 0 Å². The van der Waals surface area contributed by atoms with Crippen molar-refractivity contribution < 1.29 is 9.90 Å². The van der Waals surface area contributed by atoms with Crippen LogP contribution in [0, 0.1) is 0 Å². The molecule has 0 aromatic carbocycles. The van der Waals surface area contributed by atoms with Crippen LogP contribution in [-0.2, 0) is 4.79 Å². The molecule has 84 valence electrons. The average molecular weight is 264 g/mol. The molecule has 1 rings (SSSR count). The van der Waals surface area contributed by atoms with Crippen molar-refractivity contribution in [3.63, 3.8) is 0 Å². The highest BCUT2D eigenvalue weighted by Gasteiger charge is 2.20. The zero-order valence-corrected chi connectivity index (χ0v) is 10.7. The Morgan fingerprint density at radius 1 is 1.67 bits per heavy atom. The number of unbranched alkanes of at least 4 members (excludes halogenated alkanes) is 1. The summed E-state index contributed by atoms with van der Waals surface area (Å²) in [4.78, 5) is 10.9. The monoisotopic (exact) mass is 264 g/mol. The number of carboxylic acid groups (broad SMARTS) is 1. The summed E-state index contributed by atoms with van der Waals surface area (Å²) in [5.74, 6) is -0.788. The fourth-order valence-electron chi connectivity index (χ4n) is 0.994. The number of carboxylic acids is 1. The lowest BCUT2D eigenvalue weighted by molar-refractivity contribution is -0.136. The molecular weight excluding hydrogens is 252 g/mol. The number of aliphatic carboxylic acids is 1. The van der Waals surface area contributed by atoms with E-state index in [4.69, 9.17) is 5.11 Å². The van der Waals surface area contributed by atoms with E-state index in [0.29, 0.717) is 15.1 Å². The smallest absolute Gasteiger partial charge is 0.317 e. The summed E-state index contributed by atoms with van der Waals surface area (Å²) in [7, 11) is 0. The summed E-state index contributed by atoms with van der Waals surface area (Å²) in [6.07, 6.45) is 2.58. The van der Waals surface area contributed by atoms with Gasteiger partial charge in [0.25, 0.3) is 0 Å². The zero-order valence-electron chi connectivity index (χ0n) is 8.21. The van der Waals surface area contributed by atoms with E-state index in [9.17, 15) is 4.79 Å². The van der Waals surface area contributed by atoms with Crippen LogP contribution in [0.5, 0.6) is 0 Å². The highest BCUT2D eigenvalue weighted by Crippen LogP contribution is 2.30. The molecule has 15 heavy (non-hydrogen) atoms. The second-order valence-corrected chi connectivity index (χ2v) is 6.09. The Morgan fingerprint density at radius 2 is 2.40 bits per heavy atom. The van der Waals surface area contributed by atoms with Gasteiger partial charge in [-0.2, -0.15) is 0 Å². The summed E-state index contributed by atoms with van der Waals surface area (Å²) < 4.78 is 1.24. The number of rotatable bonds is 6. The number of carbonyl (C=O) groups is 1. The van der Waals surface area contributed by atoms with Gasteiger partial charge in [0.1, 0.15) is 5.25 Å². The Balaban J connectivity index is 2.54. The van der Waals surface area contributed by atoms with Gasteiger partial charge in [-0.1, -0.05) is 42.9 Å². The largest absolute Gasteiger partial charge is 0.480 e. The van der Waals surface area contributed by atoms with E-state index in [-0.39, 0.29) is 0 Å². The molecule has 0 aliphatic carbocycles. The van der Waals surface area contributed by atoms with Crippen molar-refractivity contribution in [3.05, 3.63) is 0 Å². The second-order valence-electron chi connectivity index (χ2n) is 2.94. The summed E-state index contributed by atoms with van der Waals surface area (Å²) in [5.41, 5.74) is 0. The van der Waals surface area contributed by atoms with Crippen LogP contribution >= 0.6 is 35.7 Å². The molecule has 0 aliphatic rings. The summed E-state index contributed by atoms with van der Waals surface area (Å²) in [6, 6.07) is 0. The van der Waals surface area contributed by atoms with Crippen LogP contribution < -0.4 is 0 Å². The van der Waals surface area contributed by atoms with E-state index in [1.165, 1.54) is 23.1 Å². The average Bonchev–Trinajstić information content (AvgIpc) is 2.58. The van der Waals surface area contributed by atoms with Crippen molar-refractivity contribution in [1.82, 2.24) is 10.2 Å². The van der Waals surface area contributed by atoms with Crippen LogP contribution in [0.2, 0.25) is 0 Å². The first-order valence-electron chi connectivity index (χ1n) is 4.55. The van der Waals surface area contributed by atoms with Gasteiger partial charge in [0.2, 0.25) is 0 Å². The maximum Gasteiger partial charge on any atom is 0.317 e. The molecule has 0 saturated carbocycles. The molecule has 0 fully saturated rings. The minimum absolute atomic E-state index is 0.425. The Morgan fingerprint density at radius 3 is 2.87 bits per heavy atom. The third-order valence-electron chi connectivity index (χ3n) is 1.73. The third kappa shape index (κ3) is 4.40. The molecular formula is C8H12N2O2S3. The topological polar surface area (TPSA) is 63.1 Å². The van der Waals surface area contributed by atoms with Crippen molar-refractivity contribution in [3.8, 4) is 0 Å². The zero-order chi connectivity index (χ0) is 11.3. The molecule has 4 nitrogen and oxygen atoms in total. The standard InChI is InChI=1S/C8H12N2O2S3/c1-2-3-4-5(6(11)12)14-8-10-9-7(13)15-8/h5H,2-4H2,1H3,(H,9,13)(H,11,12). The van der Waals surface area contributed by atoms with Gasteiger partial charge in [0.05, 0.1) is 0 Å². The van der Waals surface area contributed by atoms with Gasteiger partial charge in [0, 0.05) is 0 Å². The molecule has 1 N–H and O–H groups in total. The fourth-order valence-corrected chi connectivity index (χ4v) is 3.30. The lowest BCUT2D eigenvalue weighted by Gasteiger charge is -2.08. The molecule has 0 saturated heterocycles. The SMILES string of the molecule is CCCCC(Sc1nnc(S)s1)C(=O)O. The van der Waals surface area contributed by atoms with E-state index in [1.54, 1.807) is 0 Å². The normalized spacial score (nSPS) is 12.7. The number of hydrogen-bond acceptors (Lipinski definition) is 6. The van der Waals surface area contributed by atoms with Crippen LogP contribution in [0.4, 0.5) is 0 Å². The Labute approximate surface area is 102 Å². The molecule has 1 heterocycles. The van der Waals surface area contributed by atoms with E-state index in [0.717, 1.165) is 12.8 Å². The first-order chi connectivity index (χ1) is 7.13. The van der Waals surface area contributed by atoms with Crippen LogP contribution in [0.25, 0.3) is 0 Å². The number of hydrogen-bond donors (Lipinski definition) is 2. The molecule has 1 atom stereocenters. The van der Waals surface area contributed by atoms with E-state index in [2.05, 4.69) is 22.8 Å². The van der Waals surface area contributed by atoms with Gasteiger partial charge < -0.3 is 5.11 Å². The summed E-state index contributed by atoms with van der Waals surface area (Å²) in [6.45, 7) is 2.04. The van der Waals surface area contributed by atoms with Gasteiger partial charge in [-0.25, -0.2) is 0 Å². The highest BCUT2D eigenvalue weighted by atomic mass is 32.2. The van der Waals surface area contributed by atoms with Crippen molar-refractivity contribution >= 4 is 41.7 Å². The Kier molecular flexibility index (Phi) is 5.41. The quantitative estimate of drug-likeness (QED) is 0.611. The predicted molar refractivity (Wildman–Crippen MR) is 64.0 cm³/mol. The van der Waals surface area contributed by atoms with Crippen LogP contribution in [-0.4, -0.2) is 26.5 Å². The number of nitrogens with zero attached hydrogens (tertiary/aromatic N) is 2. The highest BCUT2D eigenvalue weighted by molar-refractivity contribution is 8.02. The molecule has 0 amide bonds. The molecule has 1 aromatic rings. The van der Waals surface area contributed by atoms with Gasteiger partial charge in [-0.3, -0.25) is 4.79 Å². The first-order valence-corrected chi connectivity index (χ1v) is 6.69. The maximum absolute atomic E-state index is 10.9. The van der Waals surface area contributed by atoms with Gasteiger partial charge in [-0.05, 0) is 6.42 Å². The van der Waals surface area contributed by atoms with Gasteiger partial charge in [0.15, 0.2) is 8.68 Å². The minimum atomic E-state index is -0.788. The van der Waals surface area contributed by atoms with Gasteiger partial charge in [-0.15, -0.1) is 22.8 Å². The van der Waals surface area contributed by atoms with Crippen molar-refractivity contribution in [2.45, 2.75) is 40.1 Å². The molecule has 1 aromatic heterocycles. The Bertz CT molecular complexity index is 329. The summed E-state index contributed by atoms with van der Waals surface area (Å²) >= 11 is 6.60. The minimum Gasteiger partial charge on any atom is -0.480 e. The first kappa shape index (κ1) is 12.8. The Hall–Kier alpha value is -0.270. The van der Waals surface area contributed by atoms with Crippen molar-refractivity contribution in [2.24, 2.45) is 0 Å². The molecule has 0 aliphatic heterocycles. The lowest BCUT2D eigenvalue weighted by Crippen LogP contribution is -2.15. The lowest BCUT2D eigenvalue weighted by atomic mass is 10.2. The molecule has 7 heteroatoms. The van der Waals surface area contributed by atoms with Crippen LogP contribution in [0.1, 0.15) is 26.2 Å². The van der Waals surface area contributed by atoms with E-state index in [1.807, 2.05) is 6.92 Å². The number of thioether (sulfide) groups is 1. The van der Waals surface area contributed by atoms with Gasteiger partial charge >= 0.3 is 5.97 Å². The van der Waals surface area contributed by atoms with Crippen molar-refractivity contribution in [2.75, 3.05) is 0 Å². The number of aromatic nitrogens is 2. The summed E-state index contributed by atoms with van der Waals surface area (Å²) in [5, 5.41) is 16.1. The van der Waals surface area contributed by atoms with Crippen LogP contribution in [0.3, 0.4) is 0 Å². The molecule has 0 bridgehead atoms. The van der Waals surface area contributed by atoms with E-state index < -0.39 is 11.2 Å². The second kappa shape index (κ2) is 6.34.